The van der Waals surface area contributed by atoms with E-state index in [1.165, 1.54) is 6.07 Å². The molecule has 0 saturated heterocycles. The minimum absolute atomic E-state index is 0.0851. The highest BCUT2D eigenvalue weighted by atomic mass is 79.9. The lowest BCUT2D eigenvalue weighted by Crippen LogP contribution is -2.17. The van der Waals surface area contributed by atoms with E-state index in [2.05, 4.69) is 21.2 Å². The van der Waals surface area contributed by atoms with Crippen molar-refractivity contribution in [1.82, 2.24) is 0 Å². The van der Waals surface area contributed by atoms with Crippen molar-refractivity contribution in [3.8, 4) is 0 Å². The quantitative estimate of drug-likeness (QED) is 0.647. The fraction of sp³-hybridized carbons (Fsp3) is 0.417. The van der Waals surface area contributed by atoms with Crippen molar-refractivity contribution >= 4 is 27.6 Å². The molecular formula is C12H15BrFNO2. The lowest BCUT2D eigenvalue weighted by Gasteiger charge is -2.07. The monoisotopic (exact) mass is 303 g/mol. The van der Waals surface area contributed by atoms with Crippen LogP contribution in [0.2, 0.25) is 0 Å². The summed E-state index contributed by atoms with van der Waals surface area (Å²) in [5.74, 6) is -0.639. The molecule has 1 aromatic carbocycles. The van der Waals surface area contributed by atoms with E-state index in [-0.39, 0.29) is 18.3 Å². The van der Waals surface area contributed by atoms with E-state index in [0.717, 1.165) is 12.8 Å². The Morgan fingerprint density at radius 2 is 2.29 bits per heavy atom. The van der Waals surface area contributed by atoms with Gasteiger partial charge in [-0.3, -0.25) is 4.79 Å². The molecule has 0 unspecified atom stereocenters. The molecule has 0 aromatic heterocycles. The molecule has 0 heterocycles. The summed E-state index contributed by atoms with van der Waals surface area (Å²) in [4.78, 5) is 11.3. The Labute approximate surface area is 108 Å². The van der Waals surface area contributed by atoms with E-state index in [4.69, 9.17) is 4.74 Å². The summed E-state index contributed by atoms with van der Waals surface area (Å²) < 4.78 is 18.3. The SMILES string of the molecule is CCCCOC(=O)CNc1ccc(F)c(Br)c1. The summed E-state index contributed by atoms with van der Waals surface area (Å²) in [6.07, 6.45) is 1.86. The fourth-order valence-electron chi connectivity index (χ4n) is 1.16. The van der Waals surface area contributed by atoms with E-state index in [1.807, 2.05) is 6.92 Å². The molecular weight excluding hydrogens is 289 g/mol. The molecule has 1 N–H and O–H groups in total. The van der Waals surface area contributed by atoms with Crippen molar-refractivity contribution in [3.05, 3.63) is 28.5 Å². The molecule has 0 radical (unpaired) electrons. The summed E-state index contributed by atoms with van der Waals surface area (Å²) in [5.41, 5.74) is 0.672. The maximum absolute atomic E-state index is 12.9. The maximum Gasteiger partial charge on any atom is 0.325 e. The van der Waals surface area contributed by atoms with E-state index in [0.29, 0.717) is 16.8 Å². The van der Waals surface area contributed by atoms with Gasteiger partial charge < -0.3 is 10.1 Å². The number of carbonyl (C=O) groups is 1. The predicted octanol–water partition coefficient (Wildman–Crippen LogP) is 3.34. The Hall–Kier alpha value is -1.10. The second-order valence-corrected chi connectivity index (χ2v) is 4.41. The van der Waals surface area contributed by atoms with Crippen LogP contribution in [0.4, 0.5) is 10.1 Å². The molecule has 3 nitrogen and oxygen atoms in total. The first-order valence-electron chi connectivity index (χ1n) is 5.48. The number of benzene rings is 1. The molecule has 1 rings (SSSR count). The molecule has 1 aromatic rings. The molecule has 5 heteroatoms. The molecule has 0 amide bonds. The van der Waals surface area contributed by atoms with Crippen LogP contribution >= 0.6 is 15.9 Å². The predicted molar refractivity (Wildman–Crippen MR) is 68.5 cm³/mol. The number of esters is 1. The van der Waals surface area contributed by atoms with Crippen molar-refractivity contribution in [2.75, 3.05) is 18.5 Å². The number of hydrogen-bond donors (Lipinski definition) is 1. The van der Waals surface area contributed by atoms with Crippen LogP contribution in [-0.2, 0) is 9.53 Å². The van der Waals surface area contributed by atoms with E-state index in [9.17, 15) is 9.18 Å². The van der Waals surface area contributed by atoms with Gasteiger partial charge in [-0.1, -0.05) is 13.3 Å². The van der Waals surface area contributed by atoms with Crippen LogP contribution in [0.15, 0.2) is 22.7 Å². The third-order valence-corrected chi connectivity index (χ3v) is 2.73. The van der Waals surface area contributed by atoms with Crippen LogP contribution in [0.5, 0.6) is 0 Å². The average Bonchev–Trinajstić information content (AvgIpc) is 2.31. The van der Waals surface area contributed by atoms with E-state index >= 15 is 0 Å². The molecule has 94 valence electrons. The zero-order valence-corrected chi connectivity index (χ0v) is 11.2. The van der Waals surface area contributed by atoms with Crippen molar-refractivity contribution in [3.63, 3.8) is 0 Å². The van der Waals surface area contributed by atoms with Crippen molar-refractivity contribution in [2.45, 2.75) is 19.8 Å². The van der Waals surface area contributed by atoms with E-state index < -0.39 is 0 Å². The first kappa shape index (κ1) is 14.0. The lowest BCUT2D eigenvalue weighted by molar-refractivity contribution is -0.141. The van der Waals surface area contributed by atoms with Gasteiger partial charge >= 0.3 is 5.97 Å². The number of hydrogen-bond acceptors (Lipinski definition) is 3. The van der Waals surface area contributed by atoms with Crippen molar-refractivity contribution < 1.29 is 13.9 Å². The van der Waals surface area contributed by atoms with Gasteiger partial charge in [0.2, 0.25) is 0 Å². The molecule has 0 aliphatic heterocycles. The van der Waals surface area contributed by atoms with Gasteiger partial charge in [0, 0.05) is 5.69 Å². The fourth-order valence-corrected chi connectivity index (χ4v) is 1.54. The summed E-state index contributed by atoms with van der Waals surface area (Å²) in [5, 5.41) is 2.87. The summed E-state index contributed by atoms with van der Waals surface area (Å²) >= 11 is 3.07. The highest BCUT2D eigenvalue weighted by Gasteiger charge is 2.04. The largest absolute Gasteiger partial charge is 0.464 e. The third kappa shape index (κ3) is 5.17. The van der Waals surface area contributed by atoms with Crippen LogP contribution < -0.4 is 5.32 Å². The third-order valence-electron chi connectivity index (χ3n) is 2.12. The summed E-state index contributed by atoms with van der Waals surface area (Å²) in [6.45, 7) is 2.56. The van der Waals surface area contributed by atoms with E-state index in [1.54, 1.807) is 12.1 Å². The maximum atomic E-state index is 12.9. The molecule has 0 fully saturated rings. The molecule has 17 heavy (non-hydrogen) atoms. The molecule has 0 aliphatic carbocycles. The van der Waals surface area contributed by atoms with Crippen molar-refractivity contribution in [2.24, 2.45) is 0 Å². The number of unbranched alkanes of at least 4 members (excludes halogenated alkanes) is 1. The number of rotatable bonds is 6. The molecule has 0 atom stereocenters. The smallest absolute Gasteiger partial charge is 0.325 e. The number of anilines is 1. The average molecular weight is 304 g/mol. The minimum atomic E-state index is -0.332. The Bertz CT molecular complexity index is 385. The standard InChI is InChI=1S/C12H15BrFNO2/c1-2-3-6-17-12(16)8-15-9-4-5-11(14)10(13)7-9/h4-5,7,15H,2-3,6,8H2,1H3. The van der Waals surface area contributed by atoms with Gasteiger partial charge in [0.15, 0.2) is 0 Å². The van der Waals surface area contributed by atoms with Gasteiger partial charge in [-0.25, -0.2) is 4.39 Å². The van der Waals surface area contributed by atoms with Crippen LogP contribution in [0.3, 0.4) is 0 Å². The second-order valence-electron chi connectivity index (χ2n) is 3.56. The number of nitrogens with one attached hydrogen (secondary N) is 1. The van der Waals surface area contributed by atoms with Crippen LogP contribution in [0, 0.1) is 5.82 Å². The second kappa shape index (κ2) is 7.27. The highest BCUT2D eigenvalue weighted by Crippen LogP contribution is 2.19. The topological polar surface area (TPSA) is 38.3 Å². The van der Waals surface area contributed by atoms with Gasteiger partial charge in [0.1, 0.15) is 12.4 Å². The Balaban J connectivity index is 2.34. The molecule has 0 saturated carbocycles. The zero-order chi connectivity index (χ0) is 12.7. The number of halogens is 2. The Morgan fingerprint density at radius 1 is 1.53 bits per heavy atom. The minimum Gasteiger partial charge on any atom is -0.464 e. The van der Waals surface area contributed by atoms with Crippen LogP contribution in [-0.4, -0.2) is 19.1 Å². The van der Waals surface area contributed by atoms with Gasteiger partial charge in [0.25, 0.3) is 0 Å². The number of ether oxygens (including phenoxy) is 1. The lowest BCUT2D eigenvalue weighted by atomic mass is 10.3. The van der Waals surface area contributed by atoms with Gasteiger partial charge in [0.05, 0.1) is 11.1 Å². The van der Waals surface area contributed by atoms with Gasteiger partial charge in [-0.15, -0.1) is 0 Å². The number of carbonyl (C=O) groups excluding carboxylic acids is 1. The first-order valence-corrected chi connectivity index (χ1v) is 6.27. The van der Waals surface area contributed by atoms with Crippen LogP contribution in [0.25, 0.3) is 0 Å². The Kier molecular flexibility index (Phi) is 5.97. The summed E-state index contributed by atoms with van der Waals surface area (Å²) in [7, 11) is 0. The molecule has 0 spiro atoms. The first-order chi connectivity index (χ1) is 8.13. The van der Waals surface area contributed by atoms with Crippen LogP contribution in [0.1, 0.15) is 19.8 Å². The Morgan fingerprint density at radius 3 is 2.94 bits per heavy atom. The summed E-state index contributed by atoms with van der Waals surface area (Å²) in [6, 6.07) is 4.48. The normalized spacial score (nSPS) is 10.1. The molecule has 0 aliphatic rings. The molecule has 0 bridgehead atoms. The highest BCUT2D eigenvalue weighted by molar-refractivity contribution is 9.10. The van der Waals surface area contributed by atoms with Gasteiger partial charge in [-0.05, 0) is 40.5 Å². The van der Waals surface area contributed by atoms with Gasteiger partial charge in [-0.2, -0.15) is 0 Å². The van der Waals surface area contributed by atoms with Crippen molar-refractivity contribution in [1.29, 1.82) is 0 Å². The zero-order valence-electron chi connectivity index (χ0n) is 9.63.